The van der Waals surface area contributed by atoms with E-state index in [4.69, 9.17) is 9.72 Å². The molecule has 1 aromatic heterocycles. The summed E-state index contributed by atoms with van der Waals surface area (Å²) in [5, 5.41) is 9.55. The van der Waals surface area contributed by atoms with E-state index in [2.05, 4.69) is 13.0 Å². The van der Waals surface area contributed by atoms with Crippen molar-refractivity contribution < 1.29 is 14.3 Å². The SMILES string of the molecule is COc1ccc(N2C(=O)C[C@@H](Sc3nc4c(cc3C#N)C[C@H](C)CC4)C2=O)cc1. The number of ether oxygens (including phenoxy) is 1. The Balaban J connectivity index is 1.58. The summed E-state index contributed by atoms with van der Waals surface area (Å²) in [6.45, 7) is 2.20. The van der Waals surface area contributed by atoms with Crippen LogP contribution in [-0.2, 0) is 22.4 Å². The van der Waals surface area contributed by atoms with Crippen molar-refractivity contribution in [2.24, 2.45) is 5.92 Å². The van der Waals surface area contributed by atoms with Gasteiger partial charge in [0.1, 0.15) is 16.8 Å². The number of aryl methyl sites for hydroxylation is 1. The quantitative estimate of drug-likeness (QED) is 0.721. The summed E-state index contributed by atoms with van der Waals surface area (Å²) in [5.74, 6) is 0.719. The number of rotatable bonds is 4. The van der Waals surface area contributed by atoms with E-state index in [0.717, 1.165) is 30.5 Å². The van der Waals surface area contributed by atoms with Gasteiger partial charge in [-0.15, -0.1) is 0 Å². The molecule has 4 rings (SSSR count). The molecule has 6 nitrogen and oxygen atoms in total. The Morgan fingerprint density at radius 2 is 2.00 bits per heavy atom. The first kappa shape index (κ1) is 19.5. The fourth-order valence-electron chi connectivity index (χ4n) is 3.83. The van der Waals surface area contributed by atoms with E-state index in [0.29, 0.717) is 27.9 Å². The molecule has 0 saturated carbocycles. The summed E-state index contributed by atoms with van der Waals surface area (Å²) in [4.78, 5) is 31.4. The Kier molecular flexibility index (Phi) is 5.29. The van der Waals surface area contributed by atoms with Gasteiger partial charge in [-0.3, -0.25) is 9.59 Å². The summed E-state index contributed by atoms with van der Waals surface area (Å²) in [6.07, 6.45) is 2.97. The third-order valence-electron chi connectivity index (χ3n) is 5.41. The molecule has 1 fully saturated rings. The molecule has 2 atom stereocenters. The van der Waals surface area contributed by atoms with Crippen LogP contribution in [0.15, 0.2) is 35.4 Å². The second kappa shape index (κ2) is 7.88. The summed E-state index contributed by atoms with van der Waals surface area (Å²) < 4.78 is 5.13. The average molecular weight is 407 g/mol. The van der Waals surface area contributed by atoms with Gasteiger partial charge < -0.3 is 4.74 Å². The lowest BCUT2D eigenvalue weighted by Gasteiger charge is -2.22. The molecule has 148 valence electrons. The number of hydrogen-bond donors (Lipinski definition) is 0. The molecular formula is C22H21N3O3S. The van der Waals surface area contributed by atoms with Gasteiger partial charge in [0.2, 0.25) is 11.8 Å². The normalized spacial score (nSPS) is 21.1. The number of hydrogen-bond acceptors (Lipinski definition) is 6. The summed E-state index contributed by atoms with van der Waals surface area (Å²) in [5.41, 5.74) is 3.13. The molecule has 2 amide bonds. The highest BCUT2D eigenvalue weighted by Crippen LogP contribution is 2.36. The Hall–Kier alpha value is -2.85. The van der Waals surface area contributed by atoms with E-state index in [1.165, 1.54) is 16.7 Å². The molecule has 1 saturated heterocycles. The molecule has 1 aliphatic heterocycles. The summed E-state index contributed by atoms with van der Waals surface area (Å²) in [7, 11) is 1.56. The molecule has 0 unspecified atom stereocenters. The molecule has 1 aliphatic carbocycles. The fourth-order valence-corrected chi connectivity index (χ4v) is 4.93. The molecule has 0 spiro atoms. The van der Waals surface area contributed by atoms with E-state index in [1.54, 1.807) is 31.4 Å². The van der Waals surface area contributed by atoms with Crippen molar-refractivity contribution in [3.63, 3.8) is 0 Å². The highest BCUT2D eigenvalue weighted by atomic mass is 32.2. The van der Waals surface area contributed by atoms with Crippen LogP contribution in [0, 0.1) is 17.2 Å². The maximum Gasteiger partial charge on any atom is 0.247 e. The van der Waals surface area contributed by atoms with Gasteiger partial charge >= 0.3 is 0 Å². The van der Waals surface area contributed by atoms with E-state index in [1.807, 2.05) is 6.07 Å². The van der Waals surface area contributed by atoms with Gasteiger partial charge in [0, 0.05) is 12.1 Å². The highest BCUT2D eigenvalue weighted by molar-refractivity contribution is 8.00. The van der Waals surface area contributed by atoms with Crippen LogP contribution in [0.3, 0.4) is 0 Å². The molecule has 1 aromatic carbocycles. The van der Waals surface area contributed by atoms with Crippen molar-refractivity contribution in [1.29, 1.82) is 5.26 Å². The first-order valence-corrected chi connectivity index (χ1v) is 10.5. The maximum atomic E-state index is 12.9. The third-order valence-corrected chi connectivity index (χ3v) is 6.60. The minimum absolute atomic E-state index is 0.0934. The average Bonchev–Trinajstić information content (AvgIpc) is 3.00. The number of carbonyl (C=O) groups is 2. The van der Waals surface area contributed by atoms with Crippen LogP contribution in [0.25, 0.3) is 0 Å². The van der Waals surface area contributed by atoms with Gasteiger partial charge in [-0.2, -0.15) is 5.26 Å². The Bertz CT molecular complexity index is 1010. The lowest BCUT2D eigenvalue weighted by Crippen LogP contribution is -2.31. The van der Waals surface area contributed by atoms with Crippen molar-refractivity contribution in [3.8, 4) is 11.8 Å². The summed E-state index contributed by atoms with van der Waals surface area (Å²) in [6, 6.07) is 10.9. The topological polar surface area (TPSA) is 83.3 Å². The maximum absolute atomic E-state index is 12.9. The summed E-state index contributed by atoms with van der Waals surface area (Å²) >= 11 is 1.22. The van der Waals surface area contributed by atoms with Crippen molar-refractivity contribution in [3.05, 3.63) is 47.2 Å². The number of aromatic nitrogens is 1. The minimum atomic E-state index is -0.579. The lowest BCUT2D eigenvalue weighted by atomic mass is 9.87. The monoisotopic (exact) mass is 407 g/mol. The zero-order valence-corrected chi connectivity index (χ0v) is 17.2. The van der Waals surface area contributed by atoms with Crippen LogP contribution in [0.4, 0.5) is 5.69 Å². The number of nitrogens with zero attached hydrogens (tertiary/aromatic N) is 3. The van der Waals surface area contributed by atoms with E-state index < -0.39 is 5.25 Å². The molecule has 7 heteroatoms. The van der Waals surface area contributed by atoms with Crippen molar-refractivity contribution in [2.45, 2.75) is 42.9 Å². The Labute approximate surface area is 173 Å². The second-order valence-electron chi connectivity index (χ2n) is 7.48. The highest BCUT2D eigenvalue weighted by Gasteiger charge is 2.41. The molecule has 2 heterocycles. The van der Waals surface area contributed by atoms with Crippen LogP contribution in [0.2, 0.25) is 0 Å². The number of methoxy groups -OCH3 is 1. The zero-order valence-electron chi connectivity index (χ0n) is 16.3. The predicted octanol–water partition coefficient (Wildman–Crippen LogP) is 3.51. The van der Waals surface area contributed by atoms with E-state index >= 15 is 0 Å². The van der Waals surface area contributed by atoms with Gasteiger partial charge in [0.25, 0.3) is 0 Å². The smallest absolute Gasteiger partial charge is 0.247 e. The molecule has 2 aliphatic rings. The minimum Gasteiger partial charge on any atom is -0.497 e. The molecule has 0 bridgehead atoms. The van der Waals surface area contributed by atoms with Gasteiger partial charge in [-0.25, -0.2) is 9.88 Å². The van der Waals surface area contributed by atoms with Crippen molar-refractivity contribution in [1.82, 2.24) is 4.98 Å². The lowest BCUT2D eigenvalue weighted by molar-refractivity contribution is -0.121. The zero-order chi connectivity index (χ0) is 20.5. The van der Waals surface area contributed by atoms with Crippen molar-refractivity contribution in [2.75, 3.05) is 12.0 Å². The fraction of sp³-hybridized carbons (Fsp3) is 0.364. The van der Waals surface area contributed by atoms with Crippen molar-refractivity contribution >= 4 is 29.3 Å². The number of carbonyl (C=O) groups excluding carboxylic acids is 2. The number of benzene rings is 1. The van der Waals surface area contributed by atoms with E-state index in [9.17, 15) is 14.9 Å². The molecule has 2 aromatic rings. The third kappa shape index (κ3) is 3.73. The standard InChI is InChI=1S/C22H21N3O3S/c1-13-3-8-18-14(9-13)10-15(12-23)21(24-18)29-19-11-20(26)25(22(19)27)16-4-6-17(28-2)7-5-16/h4-7,10,13,19H,3,8-9,11H2,1-2H3/t13-,19-/m1/s1. The number of fused-ring (bicyclic) bond motifs is 1. The molecular weight excluding hydrogens is 386 g/mol. The van der Waals surface area contributed by atoms with Crippen LogP contribution < -0.4 is 9.64 Å². The van der Waals surface area contributed by atoms with Crippen LogP contribution in [0.1, 0.15) is 36.6 Å². The van der Waals surface area contributed by atoms with Gasteiger partial charge in [0.15, 0.2) is 0 Å². The number of amides is 2. The first-order chi connectivity index (χ1) is 14.0. The Morgan fingerprint density at radius 1 is 1.24 bits per heavy atom. The number of imide groups is 1. The number of pyridine rings is 1. The van der Waals surface area contributed by atoms with Crippen LogP contribution in [-0.4, -0.2) is 29.2 Å². The number of anilines is 1. The van der Waals surface area contributed by atoms with Gasteiger partial charge in [-0.05, 0) is 61.1 Å². The molecule has 0 N–H and O–H groups in total. The predicted molar refractivity (Wildman–Crippen MR) is 110 cm³/mol. The first-order valence-electron chi connectivity index (χ1n) is 9.60. The largest absolute Gasteiger partial charge is 0.497 e. The van der Waals surface area contributed by atoms with Gasteiger partial charge in [0.05, 0.1) is 23.6 Å². The van der Waals surface area contributed by atoms with Gasteiger partial charge in [-0.1, -0.05) is 18.7 Å². The van der Waals surface area contributed by atoms with Crippen LogP contribution >= 0.6 is 11.8 Å². The second-order valence-corrected chi connectivity index (χ2v) is 8.67. The number of thioether (sulfide) groups is 1. The van der Waals surface area contributed by atoms with Crippen LogP contribution in [0.5, 0.6) is 5.75 Å². The Morgan fingerprint density at radius 3 is 2.69 bits per heavy atom. The van der Waals surface area contributed by atoms with E-state index in [-0.39, 0.29) is 18.2 Å². The number of nitriles is 1. The molecule has 0 radical (unpaired) electrons. The molecule has 29 heavy (non-hydrogen) atoms.